The van der Waals surface area contributed by atoms with E-state index in [1.807, 2.05) is 6.92 Å². The van der Waals surface area contributed by atoms with Crippen molar-refractivity contribution in [2.24, 2.45) is 0 Å². The Morgan fingerprint density at radius 2 is 1.81 bits per heavy atom. The number of hydrogen-bond donors (Lipinski definition) is 3. The van der Waals surface area contributed by atoms with Crippen molar-refractivity contribution in [3.05, 3.63) is 53.7 Å². The monoisotopic (exact) mass is 366 g/mol. The molecule has 0 saturated heterocycles. The minimum Gasteiger partial charge on any atom is -0.337 e. The van der Waals surface area contributed by atoms with Gasteiger partial charge in [0.05, 0.1) is 11.3 Å². The standard InChI is InChI=1S/C17H17F3N4O2/c1-11-6-7-14(22-10-11)24-15(25)8-9-21-16(26)23-13-5-3-2-4-12(13)17(18,19)20/h2-7,10H,8-9H2,1H3,(H2,21,23,26)(H,22,24,25). The van der Waals surface area contributed by atoms with E-state index in [1.165, 1.54) is 12.1 Å². The summed E-state index contributed by atoms with van der Waals surface area (Å²) in [5.74, 6) is 0.00139. The third-order valence-electron chi connectivity index (χ3n) is 3.30. The first kappa shape index (κ1) is 19.2. The molecule has 3 N–H and O–H groups in total. The van der Waals surface area contributed by atoms with Gasteiger partial charge in [-0.1, -0.05) is 18.2 Å². The van der Waals surface area contributed by atoms with Crippen LogP contribution in [0.3, 0.4) is 0 Å². The Bertz CT molecular complexity index is 776. The van der Waals surface area contributed by atoms with Crippen LogP contribution in [0, 0.1) is 6.92 Å². The predicted molar refractivity (Wildman–Crippen MR) is 90.7 cm³/mol. The molecule has 1 aromatic carbocycles. The highest BCUT2D eigenvalue weighted by Crippen LogP contribution is 2.34. The molecule has 0 aliphatic carbocycles. The van der Waals surface area contributed by atoms with E-state index in [0.717, 1.165) is 17.7 Å². The maximum absolute atomic E-state index is 12.9. The fourth-order valence-electron chi connectivity index (χ4n) is 2.04. The molecule has 0 bridgehead atoms. The first-order valence-corrected chi connectivity index (χ1v) is 7.69. The van der Waals surface area contributed by atoms with Gasteiger partial charge < -0.3 is 16.0 Å². The highest BCUT2D eigenvalue weighted by molar-refractivity contribution is 5.92. The van der Waals surface area contributed by atoms with E-state index >= 15 is 0 Å². The fourth-order valence-corrected chi connectivity index (χ4v) is 2.04. The number of aromatic nitrogens is 1. The number of para-hydroxylation sites is 1. The van der Waals surface area contributed by atoms with Crippen LogP contribution in [-0.4, -0.2) is 23.5 Å². The maximum atomic E-state index is 12.9. The van der Waals surface area contributed by atoms with Crippen molar-refractivity contribution in [1.29, 1.82) is 0 Å². The SMILES string of the molecule is Cc1ccc(NC(=O)CCNC(=O)Nc2ccccc2C(F)(F)F)nc1. The topological polar surface area (TPSA) is 83.1 Å². The molecule has 3 amide bonds. The van der Waals surface area contributed by atoms with Gasteiger partial charge in [0.2, 0.25) is 5.91 Å². The van der Waals surface area contributed by atoms with Crippen molar-refractivity contribution in [2.75, 3.05) is 17.2 Å². The summed E-state index contributed by atoms with van der Waals surface area (Å²) in [6.07, 6.45) is -3.03. The van der Waals surface area contributed by atoms with E-state index in [0.29, 0.717) is 5.82 Å². The van der Waals surface area contributed by atoms with E-state index in [1.54, 1.807) is 18.3 Å². The van der Waals surface area contributed by atoms with Crippen LogP contribution >= 0.6 is 0 Å². The molecule has 0 aliphatic rings. The first-order valence-electron chi connectivity index (χ1n) is 7.69. The summed E-state index contributed by atoms with van der Waals surface area (Å²) in [6, 6.07) is 7.23. The number of nitrogens with one attached hydrogen (secondary N) is 3. The molecular formula is C17H17F3N4O2. The van der Waals surface area contributed by atoms with Gasteiger partial charge in [-0.3, -0.25) is 4.79 Å². The Morgan fingerprint density at radius 1 is 1.08 bits per heavy atom. The Morgan fingerprint density at radius 3 is 2.46 bits per heavy atom. The normalized spacial score (nSPS) is 10.9. The molecule has 0 aliphatic heterocycles. The van der Waals surface area contributed by atoms with Crippen LogP contribution in [0.15, 0.2) is 42.6 Å². The van der Waals surface area contributed by atoms with E-state index in [9.17, 15) is 22.8 Å². The molecule has 26 heavy (non-hydrogen) atoms. The molecule has 9 heteroatoms. The number of anilines is 2. The van der Waals surface area contributed by atoms with Gasteiger partial charge in [-0.15, -0.1) is 0 Å². The van der Waals surface area contributed by atoms with Crippen LogP contribution in [0.25, 0.3) is 0 Å². The molecule has 0 saturated carbocycles. The van der Waals surface area contributed by atoms with Crippen LogP contribution in [-0.2, 0) is 11.0 Å². The number of pyridine rings is 1. The zero-order valence-corrected chi connectivity index (χ0v) is 13.9. The second-order valence-electron chi connectivity index (χ2n) is 5.44. The van der Waals surface area contributed by atoms with Crippen molar-refractivity contribution in [3.63, 3.8) is 0 Å². The molecule has 0 radical (unpaired) electrons. The summed E-state index contributed by atoms with van der Waals surface area (Å²) in [7, 11) is 0. The van der Waals surface area contributed by atoms with Crippen molar-refractivity contribution >= 4 is 23.4 Å². The molecule has 0 spiro atoms. The minimum atomic E-state index is -4.58. The van der Waals surface area contributed by atoms with Crippen LogP contribution < -0.4 is 16.0 Å². The van der Waals surface area contributed by atoms with Gasteiger partial charge in [-0.05, 0) is 30.7 Å². The number of benzene rings is 1. The first-order chi connectivity index (χ1) is 12.3. The number of rotatable bonds is 5. The lowest BCUT2D eigenvalue weighted by molar-refractivity contribution is -0.136. The Labute approximate surface area is 147 Å². The average Bonchev–Trinajstić information content (AvgIpc) is 2.56. The second kappa shape index (κ2) is 8.32. The van der Waals surface area contributed by atoms with Gasteiger partial charge in [0, 0.05) is 19.2 Å². The highest BCUT2D eigenvalue weighted by atomic mass is 19.4. The number of nitrogens with zero attached hydrogens (tertiary/aromatic N) is 1. The van der Waals surface area contributed by atoms with Crippen LogP contribution in [0.1, 0.15) is 17.5 Å². The number of carbonyl (C=O) groups excluding carboxylic acids is 2. The van der Waals surface area contributed by atoms with E-state index in [2.05, 4.69) is 20.9 Å². The summed E-state index contributed by atoms with van der Waals surface area (Å²) in [5, 5.41) is 7.02. The van der Waals surface area contributed by atoms with Crippen molar-refractivity contribution in [2.45, 2.75) is 19.5 Å². The zero-order valence-electron chi connectivity index (χ0n) is 13.9. The number of carbonyl (C=O) groups is 2. The predicted octanol–water partition coefficient (Wildman–Crippen LogP) is 3.56. The lowest BCUT2D eigenvalue weighted by Gasteiger charge is -2.14. The summed E-state index contributed by atoms with van der Waals surface area (Å²) >= 11 is 0. The van der Waals surface area contributed by atoms with Crippen LogP contribution in [0.2, 0.25) is 0 Å². The van der Waals surface area contributed by atoms with E-state index in [4.69, 9.17) is 0 Å². The molecular weight excluding hydrogens is 349 g/mol. The highest BCUT2D eigenvalue weighted by Gasteiger charge is 2.33. The van der Waals surface area contributed by atoms with Gasteiger partial charge in [0.1, 0.15) is 5.82 Å². The number of alkyl halides is 3. The second-order valence-corrected chi connectivity index (χ2v) is 5.44. The third-order valence-corrected chi connectivity index (χ3v) is 3.30. The average molecular weight is 366 g/mol. The minimum absolute atomic E-state index is 0.0439. The van der Waals surface area contributed by atoms with Gasteiger partial charge in [0.25, 0.3) is 0 Å². The molecule has 0 atom stereocenters. The Hall–Kier alpha value is -3.10. The van der Waals surface area contributed by atoms with Crippen LogP contribution in [0.5, 0.6) is 0 Å². The Kier molecular flexibility index (Phi) is 6.16. The lowest BCUT2D eigenvalue weighted by Crippen LogP contribution is -2.32. The van der Waals surface area contributed by atoms with Gasteiger partial charge in [0.15, 0.2) is 0 Å². The number of amides is 3. The van der Waals surface area contributed by atoms with Crippen LogP contribution in [0.4, 0.5) is 29.5 Å². The van der Waals surface area contributed by atoms with Crippen molar-refractivity contribution < 1.29 is 22.8 Å². The molecule has 0 fully saturated rings. The molecule has 0 unspecified atom stereocenters. The molecule has 1 heterocycles. The summed E-state index contributed by atoms with van der Waals surface area (Å²) in [5.41, 5.74) is -0.357. The molecule has 1 aromatic heterocycles. The van der Waals surface area contributed by atoms with Crippen molar-refractivity contribution in [1.82, 2.24) is 10.3 Å². The van der Waals surface area contributed by atoms with E-state index in [-0.39, 0.29) is 24.6 Å². The summed E-state index contributed by atoms with van der Waals surface area (Å²) < 4.78 is 38.6. The van der Waals surface area contributed by atoms with Gasteiger partial charge >= 0.3 is 12.2 Å². The quantitative estimate of drug-likeness (QED) is 0.757. The van der Waals surface area contributed by atoms with E-state index < -0.39 is 17.8 Å². The molecule has 138 valence electrons. The maximum Gasteiger partial charge on any atom is 0.418 e. The molecule has 2 aromatic rings. The number of halogens is 3. The van der Waals surface area contributed by atoms with Gasteiger partial charge in [-0.25, -0.2) is 9.78 Å². The molecule has 2 rings (SSSR count). The lowest BCUT2D eigenvalue weighted by atomic mass is 10.1. The number of hydrogen-bond acceptors (Lipinski definition) is 3. The molecule has 6 nitrogen and oxygen atoms in total. The smallest absolute Gasteiger partial charge is 0.337 e. The summed E-state index contributed by atoms with van der Waals surface area (Å²) in [4.78, 5) is 27.5. The van der Waals surface area contributed by atoms with Crippen molar-refractivity contribution in [3.8, 4) is 0 Å². The zero-order chi connectivity index (χ0) is 19.2. The largest absolute Gasteiger partial charge is 0.418 e. The fraction of sp³-hybridized carbons (Fsp3) is 0.235. The number of aryl methyl sites for hydroxylation is 1. The van der Waals surface area contributed by atoms with Gasteiger partial charge in [-0.2, -0.15) is 13.2 Å². The third kappa shape index (κ3) is 5.76. The number of urea groups is 1. The Balaban J connectivity index is 1.81. The summed E-state index contributed by atoms with van der Waals surface area (Å²) in [6.45, 7) is 1.82.